The molecule has 1 saturated carbocycles. The lowest BCUT2D eigenvalue weighted by Crippen LogP contribution is -2.39. The van der Waals surface area contributed by atoms with Gasteiger partial charge in [0.25, 0.3) is 5.91 Å². The SMILES string of the molecule is CN(c1cnccn1)[C@@H]1CC[C@@H]2CN(C(=O)c3ccncn3)C[C@@H]21. The minimum absolute atomic E-state index is 0.00714. The second-order valence-electron chi connectivity index (χ2n) is 6.55. The minimum atomic E-state index is 0.00714. The predicted octanol–water partition coefficient (Wildman–Crippen LogP) is 1.25. The lowest BCUT2D eigenvalue weighted by molar-refractivity contribution is 0.0773. The summed E-state index contributed by atoms with van der Waals surface area (Å²) < 4.78 is 0. The Labute approximate surface area is 140 Å². The van der Waals surface area contributed by atoms with E-state index in [0.29, 0.717) is 23.6 Å². The molecule has 0 N–H and O–H groups in total. The second-order valence-corrected chi connectivity index (χ2v) is 6.55. The van der Waals surface area contributed by atoms with E-state index in [1.807, 2.05) is 4.90 Å². The van der Waals surface area contributed by atoms with Crippen molar-refractivity contribution in [2.45, 2.75) is 18.9 Å². The first-order valence-corrected chi connectivity index (χ1v) is 8.28. The molecule has 2 fully saturated rings. The van der Waals surface area contributed by atoms with E-state index in [0.717, 1.165) is 31.7 Å². The van der Waals surface area contributed by atoms with Crippen LogP contribution >= 0.6 is 0 Å². The van der Waals surface area contributed by atoms with Gasteiger partial charge in [0.2, 0.25) is 0 Å². The smallest absolute Gasteiger partial charge is 0.272 e. The fourth-order valence-electron chi connectivity index (χ4n) is 4.11. The monoisotopic (exact) mass is 324 g/mol. The molecule has 1 saturated heterocycles. The fourth-order valence-corrected chi connectivity index (χ4v) is 4.11. The number of carbonyl (C=O) groups excluding carboxylic acids is 1. The van der Waals surface area contributed by atoms with Gasteiger partial charge in [-0.15, -0.1) is 0 Å². The van der Waals surface area contributed by atoms with Crippen molar-refractivity contribution in [2.75, 3.05) is 25.0 Å². The van der Waals surface area contributed by atoms with Crippen molar-refractivity contribution < 1.29 is 4.79 Å². The molecule has 0 radical (unpaired) electrons. The molecule has 0 unspecified atom stereocenters. The third-order valence-electron chi connectivity index (χ3n) is 5.32. The molecule has 0 aromatic carbocycles. The van der Waals surface area contributed by atoms with Crippen LogP contribution in [0.5, 0.6) is 0 Å². The van der Waals surface area contributed by atoms with Crippen LogP contribution < -0.4 is 4.90 Å². The summed E-state index contributed by atoms with van der Waals surface area (Å²) in [6.45, 7) is 1.60. The second kappa shape index (κ2) is 6.14. The van der Waals surface area contributed by atoms with Gasteiger partial charge in [0.15, 0.2) is 0 Å². The van der Waals surface area contributed by atoms with Crippen LogP contribution in [-0.2, 0) is 0 Å². The van der Waals surface area contributed by atoms with Gasteiger partial charge in [0, 0.05) is 50.7 Å². The highest BCUT2D eigenvalue weighted by Gasteiger charge is 2.45. The highest BCUT2D eigenvalue weighted by atomic mass is 16.2. The Bertz CT molecular complexity index is 710. The molecule has 0 spiro atoms. The van der Waals surface area contributed by atoms with Crippen LogP contribution in [-0.4, -0.2) is 56.9 Å². The maximum Gasteiger partial charge on any atom is 0.272 e. The van der Waals surface area contributed by atoms with Crippen molar-refractivity contribution >= 4 is 11.7 Å². The highest BCUT2D eigenvalue weighted by Crippen LogP contribution is 2.41. The quantitative estimate of drug-likeness (QED) is 0.846. The van der Waals surface area contributed by atoms with Crippen molar-refractivity contribution in [1.82, 2.24) is 24.8 Å². The molecule has 1 aliphatic heterocycles. The number of amides is 1. The first kappa shape index (κ1) is 15.0. The molecule has 124 valence electrons. The molecular formula is C17H20N6O. The van der Waals surface area contributed by atoms with Gasteiger partial charge in [-0.1, -0.05) is 0 Å². The van der Waals surface area contributed by atoms with Crippen molar-refractivity contribution in [1.29, 1.82) is 0 Å². The van der Waals surface area contributed by atoms with Crippen LogP contribution in [0.1, 0.15) is 23.3 Å². The van der Waals surface area contributed by atoms with Gasteiger partial charge in [-0.25, -0.2) is 15.0 Å². The molecule has 4 rings (SSSR count). The van der Waals surface area contributed by atoms with E-state index in [1.54, 1.807) is 30.9 Å². The van der Waals surface area contributed by atoms with Crippen molar-refractivity contribution in [3.8, 4) is 0 Å². The molecule has 1 amide bonds. The van der Waals surface area contributed by atoms with Gasteiger partial charge in [0.05, 0.1) is 6.20 Å². The van der Waals surface area contributed by atoms with Crippen LogP contribution in [0.15, 0.2) is 37.2 Å². The van der Waals surface area contributed by atoms with Gasteiger partial charge in [0.1, 0.15) is 17.8 Å². The topological polar surface area (TPSA) is 75.1 Å². The van der Waals surface area contributed by atoms with E-state index < -0.39 is 0 Å². The number of hydrogen-bond acceptors (Lipinski definition) is 6. The summed E-state index contributed by atoms with van der Waals surface area (Å²) >= 11 is 0. The van der Waals surface area contributed by atoms with Gasteiger partial charge in [-0.2, -0.15) is 0 Å². The average Bonchev–Trinajstić information content (AvgIpc) is 3.22. The summed E-state index contributed by atoms with van der Waals surface area (Å²) in [5.74, 6) is 1.93. The minimum Gasteiger partial charge on any atom is -0.355 e. The molecule has 7 heteroatoms. The van der Waals surface area contributed by atoms with E-state index in [4.69, 9.17) is 0 Å². The van der Waals surface area contributed by atoms with Crippen LogP contribution in [0, 0.1) is 11.8 Å². The third-order valence-corrected chi connectivity index (χ3v) is 5.32. The summed E-state index contributed by atoms with van der Waals surface area (Å²) in [6.07, 6.45) is 10.5. The largest absolute Gasteiger partial charge is 0.355 e. The van der Waals surface area contributed by atoms with E-state index in [-0.39, 0.29) is 5.91 Å². The molecule has 2 aromatic heterocycles. The van der Waals surface area contributed by atoms with Crippen LogP contribution in [0.25, 0.3) is 0 Å². The normalized spacial score (nSPS) is 25.5. The van der Waals surface area contributed by atoms with Gasteiger partial charge >= 0.3 is 0 Å². The number of anilines is 1. The number of fused-ring (bicyclic) bond motifs is 1. The Morgan fingerprint density at radius 1 is 1.17 bits per heavy atom. The number of carbonyl (C=O) groups is 1. The molecule has 24 heavy (non-hydrogen) atoms. The van der Waals surface area contributed by atoms with Gasteiger partial charge in [-0.3, -0.25) is 9.78 Å². The first-order valence-electron chi connectivity index (χ1n) is 8.28. The van der Waals surface area contributed by atoms with E-state index >= 15 is 0 Å². The zero-order valence-electron chi connectivity index (χ0n) is 13.6. The van der Waals surface area contributed by atoms with E-state index in [2.05, 4.69) is 31.9 Å². The van der Waals surface area contributed by atoms with Crippen molar-refractivity contribution in [3.05, 3.63) is 42.9 Å². The number of hydrogen-bond donors (Lipinski definition) is 0. The van der Waals surface area contributed by atoms with E-state index in [9.17, 15) is 4.79 Å². The maximum atomic E-state index is 12.6. The van der Waals surface area contributed by atoms with E-state index in [1.165, 1.54) is 6.33 Å². The summed E-state index contributed by atoms with van der Waals surface area (Å²) in [4.78, 5) is 33.3. The van der Waals surface area contributed by atoms with Crippen LogP contribution in [0.4, 0.5) is 5.82 Å². The van der Waals surface area contributed by atoms with Crippen LogP contribution in [0.2, 0.25) is 0 Å². The number of rotatable bonds is 3. The third kappa shape index (κ3) is 2.60. The Hall–Kier alpha value is -2.57. The highest BCUT2D eigenvalue weighted by molar-refractivity contribution is 5.92. The molecular weight excluding hydrogens is 304 g/mol. The molecule has 2 aromatic rings. The van der Waals surface area contributed by atoms with Gasteiger partial charge < -0.3 is 9.80 Å². The van der Waals surface area contributed by atoms with Crippen molar-refractivity contribution in [2.24, 2.45) is 11.8 Å². The molecule has 7 nitrogen and oxygen atoms in total. The molecule has 0 bridgehead atoms. The zero-order chi connectivity index (χ0) is 16.5. The Morgan fingerprint density at radius 3 is 2.83 bits per heavy atom. The maximum absolute atomic E-state index is 12.6. The number of nitrogens with zero attached hydrogens (tertiary/aromatic N) is 6. The Balaban J connectivity index is 1.48. The molecule has 3 atom stereocenters. The predicted molar refractivity (Wildman–Crippen MR) is 88.4 cm³/mol. The summed E-state index contributed by atoms with van der Waals surface area (Å²) in [6, 6.07) is 2.08. The lowest BCUT2D eigenvalue weighted by atomic mass is 9.97. The van der Waals surface area contributed by atoms with Crippen LogP contribution in [0.3, 0.4) is 0 Å². The Kier molecular flexibility index (Phi) is 3.84. The Morgan fingerprint density at radius 2 is 2.08 bits per heavy atom. The average molecular weight is 324 g/mol. The lowest BCUT2D eigenvalue weighted by Gasteiger charge is -2.30. The fraction of sp³-hybridized carbons (Fsp3) is 0.471. The summed E-state index contributed by atoms with van der Waals surface area (Å²) in [5.41, 5.74) is 0.476. The molecule has 1 aliphatic carbocycles. The number of likely N-dealkylation sites (tertiary alicyclic amines) is 1. The summed E-state index contributed by atoms with van der Waals surface area (Å²) in [5, 5.41) is 0. The molecule has 3 heterocycles. The zero-order valence-corrected chi connectivity index (χ0v) is 13.6. The van der Waals surface area contributed by atoms with Crippen molar-refractivity contribution in [3.63, 3.8) is 0 Å². The molecule has 2 aliphatic rings. The summed E-state index contributed by atoms with van der Waals surface area (Å²) in [7, 11) is 2.08. The van der Waals surface area contributed by atoms with Gasteiger partial charge in [-0.05, 0) is 24.8 Å². The first-order chi connectivity index (χ1) is 11.7. The standard InChI is InChI=1S/C17H20N6O/c1-22(16-8-18-6-7-20-16)15-3-2-12-9-23(10-13(12)15)17(24)14-4-5-19-11-21-14/h4-8,11-13,15H,2-3,9-10H2,1H3/t12-,13+,15-/m1/s1. The number of aromatic nitrogens is 4.